The van der Waals surface area contributed by atoms with Gasteiger partial charge in [-0.2, -0.15) is 0 Å². The maximum Gasteiger partial charge on any atom is 0.229 e. The number of hydrogen-bond donors (Lipinski definition) is 2. The van der Waals surface area contributed by atoms with Gasteiger partial charge in [0.05, 0.1) is 28.8 Å². The third kappa shape index (κ3) is 2.41. The molecule has 6 heteroatoms. The van der Waals surface area contributed by atoms with Gasteiger partial charge in [0.15, 0.2) is 0 Å². The maximum atomic E-state index is 12.7. The Kier molecular flexibility index (Phi) is 3.53. The van der Waals surface area contributed by atoms with Gasteiger partial charge in [0.2, 0.25) is 5.91 Å². The molecule has 4 unspecified atom stereocenters. The van der Waals surface area contributed by atoms with Crippen LogP contribution in [0.15, 0.2) is 48.9 Å². The first kappa shape index (κ1) is 15.5. The number of imidazole rings is 1. The molecule has 2 aliphatic rings. The number of aromatic nitrogens is 3. The fourth-order valence-corrected chi connectivity index (χ4v) is 4.69. The molecule has 3 aromatic rings. The smallest absolute Gasteiger partial charge is 0.229 e. The van der Waals surface area contributed by atoms with E-state index in [1.54, 1.807) is 12.5 Å². The van der Waals surface area contributed by atoms with Crippen LogP contribution in [-0.4, -0.2) is 26.5 Å². The number of amides is 1. The van der Waals surface area contributed by atoms with Crippen LogP contribution in [0.4, 0.5) is 5.69 Å². The summed E-state index contributed by atoms with van der Waals surface area (Å²) in [6.07, 6.45) is 6.86. The van der Waals surface area contributed by atoms with Gasteiger partial charge in [0, 0.05) is 6.04 Å². The van der Waals surface area contributed by atoms with Crippen LogP contribution in [0, 0.1) is 17.8 Å². The van der Waals surface area contributed by atoms with E-state index in [0.717, 1.165) is 29.7 Å². The number of nitrogens with one attached hydrogen (secondary N) is 1. The monoisotopic (exact) mass is 347 g/mol. The number of pyridine rings is 1. The van der Waals surface area contributed by atoms with Crippen LogP contribution in [-0.2, 0) is 4.79 Å². The number of rotatable bonds is 3. The van der Waals surface area contributed by atoms with E-state index in [4.69, 9.17) is 5.73 Å². The van der Waals surface area contributed by atoms with Crippen molar-refractivity contribution >= 4 is 22.6 Å². The number of benzene rings is 1. The molecule has 1 amide bonds. The number of nitrogens with zero attached hydrogens (tertiary/aromatic N) is 3. The number of nitrogens with two attached hydrogens (primary N) is 1. The molecule has 4 atom stereocenters. The minimum atomic E-state index is -0.0639. The highest BCUT2D eigenvalue weighted by molar-refractivity contribution is 5.93. The third-order valence-electron chi connectivity index (χ3n) is 6.00. The van der Waals surface area contributed by atoms with Gasteiger partial charge in [-0.1, -0.05) is 12.1 Å². The maximum absolute atomic E-state index is 12.7. The van der Waals surface area contributed by atoms with Crippen LogP contribution in [0.5, 0.6) is 0 Å². The molecule has 26 heavy (non-hydrogen) atoms. The second-order valence-corrected chi connectivity index (χ2v) is 7.43. The van der Waals surface area contributed by atoms with E-state index in [2.05, 4.69) is 15.3 Å². The average molecular weight is 347 g/mol. The highest BCUT2D eigenvalue weighted by Crippen LogP contribution is 2.47. The van der Waals surface area contributed by atoms with Crippen molar-refractivity contribution in [2.75, 3.05) is 5.32 Å². The molecule has 0 radical (unpaired) electrons. The number of carbonyl (C=O) groups is 1. The van der Waals surface area contributed by atoms with Crippen molar-refractivity contribution in [1.82, 2.24) is 14.5 Å². The Bertz CT molecular complexity index is 962. The average Bonchev–Trinajstić information content (AvgIpc) is 3.36. The summed E-state index contributed by atoms with van der Waals surface area (Å²) in [5, 5.41) is 3.00. The molecule has 3 N–H and O–H groups in total. The number of para-hydroxylation sites is 2. The lowest BCUT2D eigenvalue weighted by molar-refractivity contribution is -0.121. The Morgan fingerprint density at radius 2 is 1.96 bits per heavy atom. The normalized spacial score (nSPS) is 27.1. The summed E-state index contributed by atoms with van der Waals surface area (Å²) in [4.78, 5) is 21.6. The Hall–Kier alpha value is -2.73. The lowest BCUT2D eigenvalue weighted by Crippen LogP contribution is -2.42. The minimum Gasteiger partial charge on any atom is -0.327 e. The molecule has 2 fully saturated rings. The van der Waals surface area contributed by atoms with Crippen LogP contribution < -0.4 is 11.1 Å². The van der Waals surface area contributed by atoms with Crippen molar-refractivity contribution in [1.29, 1.82) is 0 Å². The van der Waals surface area contributed by atoms with Gasteiger partial charge >= 0.3 is 0 Å². The summed E-state index contributed by atoms with van der Waals surface area (Å²) in [7, 11) is 0. The Labute approximate surface area is 151 Å². The molecule has 0 aliphatic heterocycles. The van der Waals surface area contributed by atoms with Gasteiger partial charge in [0.25, 0.3) is 0 Å². The number of fused-ring (bicyclic) bond motifs is 3. The number of carbonyl (C=O) groups excluding carboxylic acids is 1. The zero-order chi connectivity index (χ0) is 17.7. The Balaban J connectivity index is 1.35. The van der Waals surface area contributed by atoms with Crippen molar-refractivity contribution in [3.63, 3.8) is 0 Å². The first-order valence-corrected chi connectivity index (χ1v) is 9.15. The Morgan fingerprint density at radius 1 is 1.12 bits per heavy atom. The summed E-state index contributed by atoms with van der Waals surface area (Å²) >= 11 is 0. The molecule has 2 heterocycles. The van der Waals surface area contributed by atoms with E-state index in [1.807, 2.05) is 41.0 Å². The predicted molar refractivity (Wildman–Crippen MR) is 99.8 cm³/mol. The van der Waals surface area contributed by atoms with Gasteiger partial charge < -0.3 is 11.1 Å². The van der Waals surface area contributed by atoms with Crippen LogP contribution in [0.3, 0.4) is 0 Å². The van der Waals surface area contributed by atoms with Crippen LogP contribution in [0.25, 0.3) is 16.9 Å². The fraction of sp³-hybridized carbons (Fsp3) is 0.350. The van der Waals surface area contributed by atoms with Crippen molar-refractivity contribution in [2.24, 2.45) is 23.5 Å². The first-order valence-electron chi connectivity index (χ1n) is 9.15. The second kappa shape index (κ2) is 5.92. The molecule has 2 bridgehead atoms. The fourth-order valence-electron chi connectivity index (χ4n) is 4.69. The van der Waals surface area contributed by atoms with Crippen LogP contribution in [0.2, 0.25) is 0 Å². The second-order valence-electron chi connectivity index (χ2n) is 7.43. The lowest BCUT2D eigenvalue weighted by Gasteiger charge is -2.26. The van der Waals surface area contributed by atoms with Crippen molar-refractivity contribution in [3.8, 4) is 5.82 Å². The largest absolute Gasteiger partial charge is 0.327 e. The van der Waals surface area contributed by atoms with Gasteiger partial charge in [-0.25, -0.2) is 9.97 Å². The SMILES string of the molecule is NC1C2CCC(C2)C1C(=O)Nc1ccc(-n2cnc3ccccc32)nc1. The van der Waals surface area contributed by atoms with Crippen LogP contribution >= 0.6 is 0 Å². The van der Waals surface area contributed by atoms with Crippen molar-refractivity contribution in [3.05, 3.63) is 48.9 Å². The van der Waals surface area contributed by atoms with E-state index in [-0.39, 0.29) is 17.9 Å². The van der Waals surface area contributed by atoms with Gasteiger partial charge in [-0.05, 0) is 55.4 Å². The summed E-state index contributed by atoms with van der Waals surface area (Å²) < 4.78 is 1.94. The molecular formula is C20H21N5O. The molecule has 0 spiro atoms. The summed E-state index contributed by atoms with van der Waals surface area (Å²) in [6, 6.07) is 11.7. The predicted octanol–water partition coefficient (Wildman–Crippen LogP) is 2.73. The molecule has 2 aliphatic carbocycles. The van der Waals surface area contributed by atoms with E-state index >= 15 is 0 Å². The molecule has 1 aromatic carbocycles. The lowest BCUT2D eigenvalue weighted by atomic mass is 9.84. The number of hydrogen-bond acceptors (Lipinski definition) is 4. The topological polar surface area (TPSA) is 85.8 Å². The van der Waals surface area contributed by atoms with Gasteiger partial charge in [0.1, 0.15) is 12.1 Å². The van der Waals surface area contributed by atoms with Crippen LogP contribution in [0.1, 0.15) is 19.3 Å². The van der Waals surface area contributed by atoms with E-state index in [1.165, 1.54) is 6.42 Å². The first-order chi connectivity index (χ1) is 12.7. The summed E-state index contributed by atoms with van der Waals surface area (Å²) in [6.45, 7) is 0. The molecule has 132 valence electrons. The quantitative estimate of drug-likeness (QED) is 0.763. The Morgan fingerprint density at radius 3 is 2.73 bits per heavy atom. The van der Waals surface area contributed by atoms with Crippen molar-refractivity contribution in [2.45, 2.75) is 25.3 Å². The minimum absolute atomic E-state index is 0.00158. The van der Waals surface area contributed by atoms with E-state index in [0.29, 0.717) is 17.5 Å². The highest BCUT2D eigenvalue weighted by Gasteiger charge is 2.49. The molecule has 2 aromatic heterocycles. The molecule has 6 nitrogen and oxygen atoms in total. The van der Waals surface area contributed by atoms with Crippen molar-refractivity contribution < 1.29 is 4.79 Å². The van der Waals surface area contributed by atoms with Gasteiger partial charge in [-0.15, -0.1) is 0 Å². The summed E-state index contributed by atoms with van der Waals surface area (Å²) in [5.74, 6) is 1.71. The molecule has 2 saturated carbocycles. The molecular weight excluding hydrogens is 326 g/mol. The summed E-state index contributed by atoms with van der Waals surface area (Å²) in [5.41, 5.74) is 8.91. The van der Waals surface area contributed by atoms with Gasteiger partial charge in [-0.3, -0.25) is 9.36 Å². The zero-order valence-corrected chi connectivity index (χ0v) is 14.4. The molecule has 5 rings (SSSR count). The van der Waals surface area contributed by atoms with E-state index in [9.17, 15) is 4.79 Å². The molecule has 0 saturated heterocycles. The zero-order valence-electron chi connectivity index (χ0n) is 14.4. The van der Waals surface area contributed by atoms with E-state index < -0.39 is 0 Å². The highest BCUT2D eigenvalue weighted by atomic mass is 16.2. The third-order valence-corrected chi connectivity index (χ3v) is 6.00. The standard InChI is InChI=1S/C20H21N5O/c21-19-13-6-5-12(9-13)18(19)20(26)24-14-7-8-17(22-10-14)25-11-23-15-3-1-2-4-16(15)25/h1-4,7-8,10-13,18-19H,5-6,9,21H2,(H,24,26). The number of anilines is 1.